The van der Waals surface area contributed by atoms with Gasteiger partial charge in [-0.2, -0.15) is 0 Å². The van der Waals surface area contributed by atoms with Crippen molar-refractivity contribution in [3.05, 3.63) is 82.5 Å². The van der Waals surface area contributed by atoms with Crippen LogP contribution in [0.3, 0.4) is 0 Å². The van der Waals surface area contributed by atoms with Gasteiger partial charge >= 0.3 is 0 Å². The first kappa shape index (κ1) is 52.1. The van der Waals surface area contributed by atoms with E-state index in [0.717, 1.165) is 47.8 Å². The second-order valence-corrected chi connectivity index (χ2v) is 10.4. The summed E-state index contributed by atoms with van der Waals surface area (Å²) in [7, 11) is 0. The van der Waals surface area contributed by atoms with Gasteiger partial charge < -0.3 is 62.8 Å². The van der Waals surface area contributed by atoms with Crippen LogP contribution >= 0.6 is 0 Å². The maximum absolute atomic E-state index is 6.75. The Bertz CT molecular complexity index is 1200. The average Bonchev–Trinajstić information content (AvgIpc) is 3.10. The molecule has 1 saturated heterocycles. The average molecular weight is 810 g/mol. The van der Waals surface area contributed by atoms with Crippen LogP contribution < -0.4 is 0 Å². The van der Waals surface area contributed by atoms with Gasteiger partial charge in [0.1, 0.15) is 0 Å². The Morgan fingerprint density at radius 3 is 1.37 bits per heavy atom. The number of aliphatic imine (C=N–C) groups is 4. The van der Waals surface area contributed by atoms with Crippen molar-refractivity contribution in [1.82, 2.24) is 0 Å². The molecule has 0 aromatic heterocycles. The van der Waals surface area contributed by atoms with E-state index in [1.54, 1.807) is 0 Å². The summed E-state index contributed by atoms with van der Waals surface area (Å²) in [5.41, 5.74) is 45.4. The second-order valence-electron chi connectivity index (χ2n) is 10.4. The van der Waals surface area contributed by atoms with Gasteiger partial charge in [-0.15, -0.1) is 5.70 Å². The summed E-state index contributed by atoms with van der Waals surface area (Å²) in [6, 6.07) is 0.251. The molecule has 0 N–H and O–H groups in total. The maximum Gasteiger partial charge on any atom is 0.0701 e. The minimum atomic E-state index is -0.0772. The Balaban J connectivity index is -0.00000189. The number of piperidine rings is 1. The van der Waals surface area contributed by atoms with Crippen molar-refractivity contribution in [3.8, 4) is 0 Å². The smallest absolute Gasteiger partial charge is 0.0701 e. The molecule has 3 rings (SSSR count). The van der Waals surface area contributed by atoms with Gasteiger partial charge in [0, 0.05) is 39.8 Å². The Hall–Kier alpha value is -3.27. The molecule has 0 aliphatic carbocycles. The van der Waals surface area contributed by atoms with Crippen LogP contribution in [-0.4, -0.2) is 120 Å². The van der Waals surface area contributed by atoms with Crippen LogP contribution in [0, 0.1) is 0 Å². The minimum Gasteiger partial charge on any atom is -0.672 e. The quantitative estimate of drug-likeness (QED) is 0.108. The summed E-state index contributed by atoms with van der Waals surface area (Å²) in [6.45, 7) is 15.0. The molecular weight excluding hydrogens is 762 g/mol. The third-order valence-electron chi connectivity index (χ3n) is 7.02. The first-order valence-electron chi connectivity index (χ1n) is 15.9. The molecular formula is C30H48Cu2N15O4-5. The van der Waals surface area contributed by atoms with Gasteiger partial charge in [-0.3, -0.25) is 34.7 Å². The molecule has 0 spiro atoms. The van der Waals surface area contributed by atoms with E-state index >= 15 is 0 Å². The van der Waals surface area contributed by atoms with E-state index in [0.29, 0.717) is 79.0 Å². The van der Waals surface area contributed by atoms with Crippen molar-refractivity contribution in [2.24, 2.45) is 20.0 Å². The second kappa shape index (κ2) is 36.5. The molecule has 3 aliphatic rings. The van der Waals surface area contributed by atoms with Crippen molar-refractivity contribution in [2.45, 2.75) is 65.1 Å². The Kier molecular flexibility index (Phi) is 37.3. The summed E-state index contributed by atoms with van der Waals surface area (Å²) in [5.74, 6) is 0. The molecule has 3 atom stereocenters. The molecule has 4 bridgehead atoms. The van der Waals surface area contributed by atoms with E-state index < -0.39 is 0 Å². The predicted molar refractivity (Wildman–Crippen MR) is 195 cm³/mol. The van der Waals surface area contributed by atoms with Gasteiger partial charge in [0.15, 0.2) is 0 Å². The van der Waals surface area contributed by atoms with Crippen molar-refractivity contribution in [1.29, 1.82) is 0 Å². The van der Waals surface area contributed by atoms with Crippen molar-refractivity contribution in [3.63, 3.8) is 0 Å². The number of fused-ring (bicyclic) bond motifs is 4. The number of rotatable bonds is 0. The number of ether oxygens (including phenoxy) is 4. The molecule has 0 amide bonds. The van der Waals surface area contributed by atoms with Crippen LogP contribution in [0.15, 0.2) is 43.9 Å². The van der Waals surface area contributed by atoms with Gasteiger partial charge in [0.2, 0.25) is 0 Å². The van der Waals surface area contributed by atoms with E-state index in [9.17, 15) is 0 Å². The van der Waals surface area contributed by atoms with Crippen LogP contribution in [0.5, 0.6) is 0 Å². The van der Waals surface area contributed by atoms with Crippen molar-refractivity contribution in [2.75, 3.05) is 79.0 Å². The van der Waals surface area contributed by atoms with Gasteiger partial charge in [-0.05, 0) is 44.8 Å². The first-order chi connectivity index (χ1) is 23.8. The first-order valence-corrected chi connectivity index (χ1v) is 15.9. The normalized spacial score (nSPS) is 22.5. The molecule has 3 aliphatic heterocycles. The zero-order valence-electron chi connectivity index (χ0n) is 29.5. The third-order valence-corrected chi connectivity index (χ3v) is 7.02. The molecule has 51 heavy (non-hydrogen) atoms. The van der Waals surface area contributed by atoms with Gasteiger partial charge in [0.05, 0.1) is 79.0 Å². The Morgan fingerprint density at radius 1 is 0.588 bits per heavy atom. The van der Waals surface area contributed by atoms with Crippen LogP contribution in [0.2, 0.25) is 0 Å². The molecule has 2 radical (unpaired) electrons. The van der Waals surface area contributed by atoms with Gasteiger partial charge in [0.25, 0.3) is 0 Å². The number of hydrogen-bond donors (Lipinski definition) is 0. The molecule has 0 saturated carbocycles. The third kappa shape index (κ3) is 27.1. The fourth-order valence-electron chi connectivity index (χ4n) is 4.61. The maximum atomic E-state index is 6.75. The molecule has 21 heteroatoms. The van der Waals surface area contributed by atoms with Gasteiger partial charge in [-0.1, -0.05) is 55.6 Å². The summed E-state index contributed by atoms with van der Waals surface area (Å²) >= 11 is 0. The van der Waals surface area contributed by atoms with Crippen LogP contribution in [0.25, 0.3) is 58.6 Å². The summed E-state index contributed by atoms with van der Waals surface area (Å²) < 4.78 is 22.8. The van der Waals surface area contributed by atoms with Crippen molar-refractivity contribution < 1.29 is 53.1 Å². The SMILES string of the molecule is CC1=NCCOCCOCCN=C(C)C2CCCC([N-]2)C(C)=NCCOCCOCCN=C(C)C2C=CC=C1[N-]2.[Cu].[Cu].[N-]=[N+]=[N-].[N-]=[N+]=[N-].[N-]=[N+]=[N-]. The number of allylic oxidation sites excluding steroid dienone is 3. The van der Waals surface area contributed by atoms with Crippen molar-refractivity contribution >= 4 is 22.8 Å². The molecule has 294 valence electrons. The Morgan fingerprint density at radius 2 is 0.961 bits per heavy atom. The summed E-state index contributed by atoms with van der Waals surface area (Å²) in [6.07, 6.45) is 9.29. The molecule has 19 nitrogen and oxygen atoms in total. The molecule has 1 fully saturated rings. The van der Waals surface area contributed by atoms with E-state index in [1.807, 2.05) is 32.1 Å². The number of nitrogens with zero attached hydrogens (tertiary/aromatic N) is 15. The molecule has 3 unspecified atom stereocenters. The number of hydrogen-bond acceptors (Lipinski definition) is 8. The largest absolute Gasteiger partial charge is 0.672 e. The zero-order chi connectivity index (χ0) is 36.5. The molecule has 0 aromatic rings. The van der Waals surface area contributed by atoms with Crippen LogP contribution in [0.4, 0.5) is 0 Å². The fraction of sp³-hybridized carbons (Fsp3) is 0.733. The molecule has 0 aromatic carbocycles. The monoisotopic (exact) mass is 808 g/mol. The van der Waals surface area contributed by atoms with Crippen LogP contribution in [-0.2, 0) is 53.1 Å². The standard InChI is InChI=1S/C30H48N6O4.2Cu.3N3/c1-23-27-7-5-8-28(35-27)24(2)32-12-16-39-21-22-40-18-14-34-26(4)30-10-6-9-29(36-30)25(3)33-13-17-38-20-19-37-15-11-31-23;;;3*1-3-2/h5,7-8,27,29-30H,6,9-22H2,1-4H3;;;;;/q-2;;;3*-1. The topological polar surface area (TPSA) is 291 Å². The van der Waals surface area contributed by atoms with E-state index in [-0.39, 0.29) is 52.3 Å². The Labute approximate surface area is 321 Å². The zero-order valence-corrected chi connectivity index (χ0v) is 31.4. The predicted octanol–water partition coefficient (Wildman–Crippen LogP) is 6.99. The fourth-order valence-corrected chi connectivity index (χ4v) is 4.61. The van der Waals surface area contributed by atoms with E-state index in [4.69, 9.17) is 72.8 Å². The van der Waals surface area contributed by atoms with E-state index in [2.05, 4.69) is 23.8 Å². The minimum absolute atomic E-state index is 0. The van der Waals surface area contributed by atoms with Crippen LogP contribution in [0.1, 0.15) is 47.0 Å². The molecule has 3 heterocycles. The summed E-state index contributed by atoms with van der Waals surface area (Å²) in [5, 5.41) is 9.84. The van der Waals surface area contributed by atoms with Gasteiger partial charge in [-0.25, -0.2) is 0 Å². The van der Waals surface area contributed by atoms with E-state index in [1.165, 1.54) is 14.7 Å². The summed E-state index contributed by atoms with van der Waals surface area (Å²) in [4.78, 5) is 23.2.